The molecule has 2 aromatic rings. The Morgan fingerprint density at radius 3 is 2.42 bits per heavy atom. The molecule has 0 aliphatic rings. The lowest BCUT2D eigenvalue weighted by atomic mass is 9.97. The first-order valence-corrected chi connectivity index (χ1v) is 5.93. The quantitative estimate of drug-likeness (QED) is 0.840. The molecule has 0 fully saturated rings. The van der Waals surface area contributed by atoms with Gasteiger partial charge in [-0.1, -0.05) is 24.3 Å². The summed E-state index contributed by atoms with van der Waals surface area (Å²) in [5.74, 6) is 1.30. The summed E-state index contributed by atoms with van der Waals surface area (Å²) in [4.78, 5) is 0. The average Bonchev–Trinajstić information content (AvgIpc) is 2.46. The van der Waals surface area contributed by atoms with E-state index in [1.807, 2.05) is 43.3 Å². The van der Waals surface area contributed by atoms with Crippen LogP contribution in [-0.2, 0) is 0 Å². The van der Waals surface area contributed by atoms with E-state index >= 15 is 0 Å². The Hall–Kier alpha value is -2.47. The van der Waals surface area contributed by atoms with Gasteiger partial charge in [-0.25, -0.2) is 0 Å². The molecule has 0 unspecified atom stereocenters. The fraction of sp³-hybridized carbons (Fsp3) is 0.188. The number of ether oxygens (including phenoxy) is 2. The minimum Gasteiger partial charge on any atom is -0.493 e. The monoisotopic (exact) mass is 253 g/mol. The van der Waals surface area contributed by atoms with Gasteiger partial charge in [-0.3, -0.25) is 0 Å². The number of para-hydroxylation sites is 1. The number of hydrogen-bond acceptors (Lipinski definition) is 3. The molecule has 0 saturated carbocycles. The summed E-state index contributed by atoms with van der Waals surface area (Å²) in [6.45, 7) is 1.97. The second-order valence-corrected chi connectivity index (χ2v) is 4.20. The molecule has 3 nitrogen and oxygen atoms in total. The number of methoxy groups -OCH3 is 2. The Kier molecular flexibility index (Phi) is 3.72. The highest BCUT2D eigenvalue weighted by Gasteiger charge is 2.14. The lowest BCUT2D eigenvalue weighted by Crippen LogP contribution is -1.94. The molecular formula is C16H15NO2. The van der Waals surface area contributed by atoms with E-state index in [4.69, 9.17) is 9.47 Å². The molecule has 0 aromatic heterocycles. The highest BCUT2D eigenvalue weighted by Crippen LogP contribution is 2.39. The largest absolute Gasteiger partial charge is 0.493 e. The first-order chi connectivity index (χ1) is 9.21. The molecule has 0 heterocycles. The molecule has 0 radical (unpaired) electrons. The van der Waals surface area contributed by atoms with E-state index in [2.05, 4.69) is 6.07 Å². The van der Waals surface area contributed by atoms with Crippen molar-refractivity contribution in [2.75, 3.05) is 14.2 Å². The minimum atomic E-state index is 0.631. The van der Waals surface area contributed by atoms with Gasteiger partial charge in [-0.15, -0.1) is 0 Å². The van der Waals surface area contributed by atoms with E-state index in [1.54, 1.807) is 14.2 Å². The maximum atomic E-state index is 9.27. The fourth-order valence-electron chi connectivity index (χ4n) is 2.08. The summed E-state index contributed by atoms with van der Waals surface area (Å²) in [5.41, 5.74) is 3.40. The van der Waals surface area contributed by atoms with Crippen molar-refractivity contribution in [3.8, 4) is 28.7 Å². The van der Waals surface area contributed by atoms with Gasteiger partial charge in [0.15, 0.2) is 11.5 Å². The molecule has 0 aliphatic heterocycles. The molecular weight excluding hydrogens is 238 g/mol. The zero-order valence-corrected chi connectivity index (χ0v) is 11.2. The van der Waals surface area contributed by atoms with Crippen LogP contribution in [0.4, 0.5) is 0 Å². The van der Waals surface area contributed by atoms with E-state index in [0.29, 0.717) is 17.1 Å². The zero-order chi connectivity index (χ0) is 13.8. The highest BCUT2D eigenvalue weighted by molar-refractivity contribution is 5.78. The van der Waals surface area contributed by atoms with Crippen molar-refractivity contribution < 1.29 is 9.47 Å². The molecule has 0 amide bonds. The number of hydrogen-bond donors (Lipinski definition) is 0. The normalized spacial score (nSPS) is 9.79. The van der Waals surface area contributed by atoms with Gasteiger partial charge in [0, 0.05) is 11.1 Å². The van der Waals surface area contributed by atoms with Crippen molar-refractivity contribution in [1.82, 2.24) is 0 Å². The second kappa shape index (κ2) is 5.45. The smallest absolute Gasteiger partial charge is 0.168 e. The Morgan fingerprint density at radius 2 is 1.79 bits per heavy atom. The van der Waals surface area contributed by atoms with Crippen LogP contribution in [0.25, 0.3) is 11.1 Å². The second-order valence-electron chi connectivity index (χ2n) is 4.20. The van der Waals surface area contributed by atoms with E-state index in [1.165, 1.54) is 0 Å². The molecule has 0 atom stereocenters. The molecule has 3 heteroatoms. The van der Waals surface area contributed by atoms with Crippen molar-refractivity contribution in [3.05, 3.63) is 47.5 Å². The molecule has 0 saturated heterocycles. The third-order valence-corrected chi connectivity index (χ3v) is 2.99. The van der Waals surface area contributed by atoms with Gasteiger partial charge in [0.2, 0.25) is 0 Å². The predicted molar refractivity (Wildman–Crippen MR) is 74.4 cm³/mol. The fourth-order valence-corrected chi connectivity index (χ4v) is 2.08. The van der Waals surface area contributed by atoms with Crippen LogP contribution in [0.3, 0.4) is 0 Å². The maximum absolute atomic E-state index is 9.27. The molecule has 19 heavy (non-hydrogen) atoms. The van der Waals surface area contributed by atoms with Crippen LogP contribution in [0.5, 0.6) is 11.5 Å². The van der Waals surface area contributed by atoms with Crippen LogP contribution >= 0.6 is 0 Å². The molecule has 0 bridgehead atoms. The first-order valence-electron chi connectivity index (χ1n) is 5.93. The van der Waals surface area contributed by atoms with Crippen molar-refractivity contribution in [3.63, 3.8) is 0 Å². The molecule has 2 aromatic carbocycles. The van der Waals surface area contributed by atoms with Crippen molar-refractivity contribution in [2.24, 2.45) is 0 Å². The highest BCUT2D eigenvalue weighted by atomic mass is 16.5. The summed E-state index contributed by atoms with van der Waals surface area (Å²) >= 11 is 0. The van der Waals surface area contributed by atoms with Crippen molar-refractivity contribution >= 4 is 0 Å². The number of aryl methyl sites for hydroxylation is 1. The van der Waals surface area contributed by atoms with Gasteiger partial charge < -0.3 is 9.47 Å². The Balaban J connectivity index is 2.69. The third kappa shape index (κ3) is 2.38. The van der Waals surface area contributed by atoms with E-state index < -0.39 is 0 Å². The molecule has 0 aliphatic carbocycles. The predicted octanol–water partition coefficient (Wildman–Crippen LogP) is 3.55. The van der Waals surface area contributed by atoms with Crippen LogP contribution in [-0.4, -0.2) is 14.2 Å². The van der Waals surface area contributed by atoms with Gasteiger partial charge in [-0.2, -0.15) is 5.26 Å². The summed E-state index contributed by atoms with van der Waals surface area (Å²) in [5, 5.41) is 9.27. The number of nitriles is 1. The number of nitrogens with zero attached hydrogens (tertiary/aromatic N) is 1. The van der Waals surface area contributed by atoms with Crippen LogP contribution < -0.4 is 9.47 Å². The molecule has 96 valence electrons. The minimum absolute atomic E-state index is 0.631. The maximum Gasteiger partial charge on any atom is 0.168 e. The standard InChI is InChI=1S/C16H15NO2/c1-11-7-8-13(12(9-11)10-17)14-5-4-6-15(18-2)16(14)19-3/h4-9H,1-3H3. The Labute approximate surface area is 113 Å². The summed E-state index contributed by atoms with van der Waals surface area (Å²) in [6.07, 6.45) is 0. The Morgan fingerprint density at radius 1 is 1.00 bits per heavy atom. The van der Waals surface area contributed by atoms with Crippen molar-refractivity contribution in [2.45, 2.75) is 6.92 Å². The van der Waals surface area contributed by atoms with E-state index in [-0.39, 0.29) is 0 Å². The SMILES string of the molecule is COc1cccc(-c2ccc(C)cc2C#N)c1OC. The van der Waals surface area contributed by atoms with Crippen LogP contribution in [0, 0.1) is 18.3 Å². The van der Waals surface area contributed by atoms with Gasteiger partial charge >= 0.3 is 0 Å². The molecule has 2 rings (SSSR count). The summed E-state index contributed by atoms with van der Waals surface area (Å²) in [6, 6.07) is 13.7. The third-order valence-electron chi connectivity index (χ3n) is 2.99. The molecule has 0 spiro atoms. The van der Waals surface area contributed by atoms with Gasteiger partial charge in [-0.05, 0) is 24.6 Å². The lowest BCUT2D eigenvalue weighted by molar-refractivity contribution is 0.356. The van der Waals surface area contributed by atoms with Crippen LogP contribution in [0.15, 0.2) is 36.4 Å². The Bertz CT molecular complexity index is 642. The summed E-state index contributed by atoms with van der Waals surface area (Å²) < 4.78 is 10.7. The van der Waals surface area contributed by atoms with Gasteiger partial charge in [0.05, 0.1) is 25.9 Å². The topological polar surface area (TPSA) is 42.2 Å². The van der Waals surface area contributed by atoms with E-state index in [9.17, 15) is 5.26 Å². The lowest BCUT2D eigenvalue weighted by Gasteiger charge is -2.13. The van der Waals surface area contributed by atoms with Crippen LogP contribution in [0.2, 0.25) is 0 Å². The van der Waals surface area contributed by atoms with E-state index in [0.717, 1.165) is 16.7 Å². The van der Waals surface area contributed by atoms with Gasteiger partial charge in [0.25, 0.3) is 0 Å². The van der Waals surface area contributed by atoms with Crippen molar-refractivity contribution in [1.29, 1.82) is 5.26 Å². The number of benzene rings is 2. The summed E-state index contributed by atoms with van der Waals surface area (Å²) in [7, 11) is 3.20. The van der Waals surface area contributed by atoms with Crippen LogP contribution in [0.1, 0.15) is 11.1 Å². The first kappa shape index (κ1) is 13.0. The number of rotatable bonds is 3. The average molecular weight is 253 g/mol. The zero-order valence-electron chi connectivity index (χ0n) is 11.2. The van der Waals surface area contributed by atoms with Gasteiger partial charge in [0.1, 0.15) is 0 Å². The molecule has 0 N–H and O–H groups in total.